The molecule has 0 spiro atoms. The van der Waals surface area contributed by atoms with Gasteiger partial charge < -0.3 is 19.7 Å². The zero-order valence-corrected chi connectivity index (χ0v) is 19.8. The van der Waals surface area contributed by atoms with Gasteiger partial charge in [-0.05, 0) is 54.1 Å². The van der Waals surface area contributed by atoms with E-state index >= 15 is 0 Å². The van der Waals surface area contributed by atoms with Crippen molar-refractivity contribution in [1.82, 2.24) is 0 Å². The molecule has 0 bridgehead atoms. The summed E-state index contributed by atoms with van der Waals surface area (Å²) in [7, 11) is 3.17. The third-order valence-corrected chi connectivity index (χ3v) is 6.87. The van der Waals surface area contributed by atoms with Gasteiger partial charge >= 0.3 is 0 Å². The molecule has 0 aliphatic carbocycles. The number of carbonyl (C=O) groups is 2. The highest BCUT2D eigenvalue weighted by Gasteiger charge is 2.30. The Kier molecular flexibility index (Phi) is 7.11. The van der Waals surface area contributed by atoms with Crippen molar-refractivity contribution >= 4 is 46.6 Å². The molecule has 1 N–H and O–H groups in total. The van der Waals surface area contributed by atoms with Gasteiger partial charge in [-0.2, -0.15) is 0 Å². The van der Waals surface area contributed by atoms with Crippen LogP contribution in [0.25, 0.3) is 0 Å². The van der Waals surface area contributed by atoms with Crippen LogP contribution in [0.2, 0.25) is 5.02 Å². The number of fused-ring (bicyclic) bond motifs is 1. The lowest BCUT2D eigenvalue weighted by Gasteiger charge is -2.22. The van der Waals surface area contributed by atoms with Crippen molar-refractivity contribution in [2.45, 2.75) is 16.6 Å². The molecular formula is C25H23ClN2O4S. The molecule has 0 unspecified atom stereocenters. The number of rotatable bonds is 6. The second kappa shape index (κ2) is 10.2. The van der Waals surface area contributed by atoms with E-state index in [-0.39, 0.29) is 30.0 Å². The highest BCUT2D eigenvalue weighted by atomic mass is 35.5. The SMILES string of the molecule is COc1ccc([C@@H]2CC(=O)N(CC(=O)Nc3ccc(Cl)cc3)c3ccccc3S2)cc1OC. The zero-order valence-electron chi connectivity index (χ0n) is 18.2. The van der Waals surface area contributed by atoms with Gasteiger partial charge in [-0.15, -0.1) is 11.8 Å². The molecule has 0 aromatic heterocycles. The minimum Gasteiger partial charge on any atom is -0.493 e. The Hall–Kier alpha value is -3.16. The molecule has 2 amide bonds. The summed E-state index contributed by atoms with van der Waals surface area (Å²) in [4.78, 5) is 28.6. The number of halogens is 1. The first-order valence-corrected chi connectivity index (χ1v) is 11.6. The van der Waals surface area contributed by atoms with Gasteiger partial charge in [0, 0.05) is 27.3 Å². The highest BCUT2D eigenvalue weighted by molar-refractivity contribution is 7.99. The summed E-state index contributed by atoms with van der Waals surface area (Å²) >= 11 is 7.51. The van der Waals surface area contributed by atoms with Crippen LogP contribution in [-0.2, 0) is 9.59 Å². The van der Waals surface area contributed by atoms with Gasteiger partial charge in [0.25, 0.3) is 0 Å². The van der Waals surface area contributed by atoms with E-state index in [1.165, 1.54) is 0 Å². The monoisotopic (exact) mass is 482 g/mol. The largest absolute Gasteiger partial charge is 0.493 e. The molecule has 0 fully saturated rings. The van der Waals surface area contributed by atoms with Crippen LogP contribution in [0.5, 0.6) is 11.5 Å². The molecule has 33 heavy (non-hydrogen) atoms. The summed E-state index contributed by atoms with van der Waals surface area (Å²) in [6.07, 6.45) is 0.239. The van der Waals surface area contributed by atoms with E-state index in [1.54, 1.807) is 55.1 Å². The van der Waals surface area contributed by atoms with Gasteiger partial charge in [-0.1, -0.05) is 29.8 Å². The van der Waals surface area contributed by atoms with Gasteiger partial charge in [0.2, 0.25) is 11.8 Å². The quantitative estimate of drug-likeness (QED) is 0.497. The second-order valence-corrected chi connectivity index (χ2v) is 9.11. The number of para-hydroxylation sites is 1. The Morgan fingerprint density at radius 3 is 2.52 bits per heavy atom. The number of hydrogen-bond acceptors (Lipinski definition) is 5. The molecule has 3 aromatic rings. The molecule has 1 heterocycles. The molecule has 1 aliphatic heterocycles. The summed E-state index contributed by atoms with van der Waals surface area (Å²) in [5.74, 6) is 0.834. The minimum absolute atomic E-state index is 0.0856. The highest BCUT2D eigenvalue weighted by Crippen LogP contribution is 2.46. The van der Waals surface area contributed by atoms with Crippen molar-refractivity contribution in [2.75, 3.05) is 31.0 Å². The summed E-state index contributed by atoms with van der Waals surface area (Å²) < 4.78 is 10.8. The van der Waals surface area contributed by atoms with Crippen LogP contribution in [0, 0.1) is 0 Å². The van der Waals surface area contributed by atoms with Gasteiger partial charge in [-0.3, -0.25) is 9.59 Å². The van der Waals surface area contributed by atoms with Gasteiger partial charge in [0.15, 0.2) is 11.5 Å². The summed E-state index contributed by atoms with van der Waals surface area (Å²) in [5, 5.41) is 3.28. The summed E-state index contributed by atoms with van der Waals surface area (Å²) in [6, 6.07) is 20.2. The molecule has 4 rings (SSSR count). The summed E-state index contributed by atoms with van der Waals surface area (Å²) in [5.41, 5.74) is 2.30. The molecule has 170 valence electrons. The lowest BCUT2D eigenvalue weighted by Crippen LogP contribution is -2.38. The Morgan fingerprint density at radius 1 is 1.06 bits per heavy atom. The Bertz CT molecular complexity index is 1170. The first-order valence-electron chi connectivity index (χ1n) is 10.3. The maximum atomic E-state index is 13.3. The average molecular weight is 483 g/mol. The van der Waals surface area contributed by atoms with Crippen molar-refractivity contribution < 1.29 is 19.1 Å². The van der Waals surface area contributed by atoms with E-state index < -0.39 is 0 Å². The lowest BCUT2D eigenvalue weighted by molar-refractivity contribution is -0.121. The number of ether oxygens (including phenoxy) is 2. The zero-order chi connectivity index (χ0) is 23.4. The first kappa shape index (κ1) is 23.0. The van der Waals surface area contributed by atoms with E-state index in [4.69, 9.17) is 21.1 Å². The predicted octanol–water partition coefficient (Wildman–Crippen LogP) is 5.57. The third kappa shape index (κ3) is 5.26. The number of benzene rings is 3. The molecular weight excluding hydrogens is 460 g/mol. The maximum Gasteiger partial charge on any atom is 0.244 e. The fourth-order valence-electron chi connectivity index (χ4n) is 3.67. The number of nitrogens with zero attached hydrogens (tertiary/aromatic N) is 1. The van der Waals surface area contributed by atoms with Crippen LogP contribution in [0.4, 0.5) is 11.4 Å². The van der Waals surface area contributed by atoms with Crippen LogP contribution in [0.1, 0.15) is 17.2 Å². The topological polar surface area (TPSA) is 67.9 Å². The van der Waals surface area contributed by atoms with Crippen molar-refractivity contribution in [2.24, 2.45) is 0 Å². The fraction of sp³-hybridized carbons (Fsp3) is 0.200. The molecule has 8 heteroatoms. The number of methoxy groups -OCH3 is 2. The van der Waals surface area contributed by atoms with E-state index in [2.05, 4.69) is 5.32 Å². The third-order valence-electron chi connectivity index (χ3n) is 5.30. The first-order chi connectivity index (χ1) is 16.0. The van der Waals surface area contributed by atoms with Crippen LogP contribution in [-0.4, -0.2) is 32.6 Å². The van der Waals surface area contributed by atoms with Crippen LogP contribution >= 0.6 is 23.4 Å². The number of amides is 2. The van der Waals surface area contributed by atoms with Crippen LogP contribution < -0.4 is 19.7 Å². The van der Waals surface area contributed by atoms with Crippen molar-refractivity contribution in [3.63, 3.8) is 0 Å². The van der Waals surface area contributed by atoms with Crippen molar-refractivity contribution in [1.29, 1.82) is 0 Å². The number of anilines is 2. The minimum atomic E-state index is -0.282. The second-order valence-electron chi connectivity index (χ2n) is 7.43. The van der Waals surface area contributed by atoms with Gasteiger partial charge in [0.1, 0.15) is 6.54 Å². The molecule has 1 aliphatic rings. The predicted molar refractivity (Wildman–Crippen MR) is 132 cm³/mol. The van der Waals surface area contributed by atoms with Crippen LogP contribution in [0.3, 0.4) is 0 Å². The molecule has 1 atom stereocenters. The smallest absolute Gasteiger partial charge is 0.244 e. The van der Waals surface area contributed by atoms with Crippen molar-refractivity contribution in [3.05, 3.63) is 77.3 Å². The molecule has 0 saturated heterocycles. The van der Waals surface area contributed by atoms with E-state index in [0.717, 1.165) is 16.1 Å². The van der Waals surface area contributed by atoms with E-state index in [9.17, 15) is 9.59 Å². The fourth-order valence-corrected chi connectivity index (χ4v) is 5.06. The van der Waals surface area contributed by atoms with E-state index in [1.807, 2.05) is 42.5 Å². The normalized spacial score (nSPS) is 15.4. The van der Waals surface area contributed by atoms with Crippen LogP contribution in [0.15, 0.2) is 71.6 Å². The number of thioether (sulfide) groups is 1. The maximum absolute atomic E-state index is 13.3. The van der Waals surface area contributed by atoms with Crippen molar-refractivity contribution in [3.8, 4) is 11.5 Å². The lowest BCUT2D eigenvalue weighted by atomic mass is 10.1. The van der Waals surface area contributed by atoms with Gasteiger partial charge in [0.05, 0.1) is 19.9 Å². The molecule has 3 aromatic carbocycles. The Morgan fingerprint density at radius 2 is 1.79 bits per heavy atom. The number of carbonyl (C=O) groups excluding carboxylic acids is 2. The molecule has 0 saturated carbocycles. The van der Waals surface area contributed by atoms with E-state index in [0.29, 0.717) is 22.2 Å². The summed E-state index contributed by atoms with van der Waals surface area (Å²) in [6.45, 7) is -0.0856. The Balaban J connectivity index is 1.59. The number of nitrogens with one attached hydrogen (secondary N) is 1. The average Bonchev–Trinajstić information content (AvgIpc) is 2.96. The van der Waals surface area contributed by atoms with Gasteiger partial charge in [-0.25, -0.2) is 0 Å². The molecule has 0 radical (unpaired) electrons. The molecule has 6 nitrogen and oxygen atoms in total. The number of hydrogen-bond donors (Lipinski definition) is 1. The Labute approximate surface area is 201 Å². The standard InChI is InChI=1S/C25H23ClN2O4S/c1-31-20-12-7-16(13-21(20)32-2)23-14-25(30)28(19-5-3-4-6-22(19)33-23)15-24(29)27-18-10-8-17(26)9-11-18/h3-13,23H,14-15H2,1-2H3,(H,27,29)/t23-/m0/s1.